The van der Waals surface area contributed by atoms with Gasteiger partial charge in [0.2, 0.25) is 0 Å². The first kappa shape index (κ1) is 7.64. The van der Waals surface area contributed by atoms with Crippen molar-refractivity contribution in [1.29, 1.82) is 0 Å². The van der Waals surface area contributed by atoms with Crippen molar-refractivity contribution in [2.45, 2.75) is 0 Å². The van der Waals surface area contributed by atoms with Crippen molar-refractivity contribution in [3.63, 3.8) is 0 Å². The van der Waals surface area contributed by atoms with E-state index < -0.39 is 20.5 Å². The Kier molecular flexibility index (Phi) is 2.70. The van der Waals surface area contributed by atoms with Crippen LogP contribution in [0.1, 0.15) is 0 Å². The molecule has 48 valence electrons. The van der Waals surface area contributed by atoms with Gasteiger partial charge in [0.05, 0.1) is 0 Å². The van der Waals surface area contributed by atoms with E-state index in [1.165, 1.54) is 0 Å². The van der Waals surface area contributed by atoms with Crippen LogP contribution in [-0.2, 0) is 0 Å². The number of thiol groups is 2. The Balaban J connectivity index is 3.83. The first-order valence-corrected chi connectivity index (χ1v) is 4.00. The van der Waals surface area contributed by atoms with Crippen LogP contribution in [0.25, 0.3) is 0 Å². The second kappa shape index (κ2) is 2.83. The third-order valence-corrected chi connectivity index (χ3v) is 2.11. The Morgan fingerprint density at radius 3 is 1.50 bits per heavy atom. The molecule has 0 amide bonds. The van der Waals surface area contributed by atoms with E-state index in [2.05, 4.69) is 11.7 Å². The third-order valence-electron chi connectivity index (χ3n) is 0.362. The van der Waals surface area contributed by atoms with Gasteiger partial charge in [-0.25, -0.2) is 9.59 Å². The highest BCUT2D eigenvalue weighted by molar-refractivity contribution is 8.90. The highest BCUT2D eigenvalue weighted by Crippen LogP contribution is 2.30. The lowest BCUT2D eigenvalue weighted by Gasteiger charge is -1.98. The lowest BCUT2D eigenvalue weighted by molar-refractivity contribution is 0.217. The molecule has 8 heavy (non-hydrogen) atoms. The van der Waals surface area contributed by atoms with E-state index in [0.29, 0.717) is 0 Å². The number of carbonyl (C=O) groups is 2. The number of rotatable bonds is 0. The monoisotopic (exact) mass is 156 g/mol. The van der Waals surface area contributed by atoms with Crippen molar-refractivity contribution in [3.8, 4) is 0 Å². The quantitative estimate of drug-likeness (QED) is 0.314. The SMILES string of the molecule is O=C(O)[SH](S)C(=O)O. The zero-order valence-electron chi connectivity index (χ0n) is 3.61. The lowest BCUT2D eigenvalue weighted by atomic mass is 11.6. The van der Waals surface area contributed by atoms with Gasteiger partial charge in [-0.05, 0) is 9.93 Å². The van der Waals surface area contributed by atoms with Gasteiger partial charge < -0.3 is 10.2 Å². The largest absolute Gasteiger partial charge is 0.473 e. The number of carboxylic acid groups (broad SMARTS) is 2. The third kappa shape index (κ3) is 2.08. The van der Waals surface area contributed by atoms with Crippen LogP contribution in [0.4, 0.5) is 9.59 Å². The van der Waals surface area contributed by atoms with E-state index >= 15 is 0 Å². The van der Waals surface area contributed by atoms with Crippen LogP contribution in [0.2, 0.25) is 0 Å². The van der Waals surface area contributed by atoms with E-state index in [1.54, 1.807) is 0 Å². The van der Waals surface area contributed by atoms with Gasteiger partial charge in [-0.1, -0.05) is 0 Å². The molecule has 0 aromatic carbocycles. The fourth-order valence-electron chi connectivity index (χ4n) is 0.0818. The highest BCUT2D eigenvalue weighted by Gasteiger charge is 2.14. The fraction of sp³-hybridized carbons (Fsp3) is 0. The average molecular weight is 156 g/mol. The van der Waals surface area contributed by atoms with Gasteiger partial charge in [0.25, 0.3) is 0 Å². The Bertz CT molecular complexity index is 107. The first-order valence-electron chi connectivity index (χ1n) is 1.50. The summed E-state index contributed by atoms with van der Waals surface area (Å²) in [5, 5.41) is 13.1. The second-order valence-corrected chi connectivity index (χ2v) is 3.47. The van der Waals surface area contributed by atoms with Gasteiger partial charge >= 0.3 is 10.6 Å². The van der Waals surface area contributed by atoms with E-state index in [-0.39, 0.29) is 0 Å². The predicted molar refractivity (Wildman–Crippen MR) is 34.0 cm³/mol. The molecule has 4 nitrogen and oxygen atoms in total. The smallest absolute Gasteiger partial charge is 0.363 e. The molecular weight excluding hydrogens is 152 g/mol. The summed E-state index contributed by atoms with van der Waals surface area (Å²) in [6.07, 6.45) is 0. The molecule has 0 fully saturated rings. The standard InChI is InChI=1S/C2H4O4S2/c3-1(4)8(7)2(5)6/h7-8H,(H,3,4)(H,5,6). The highest BCUT2D eigenvalue weighted by atomic mass is 33.1. The minimum absolute atomic E-state index is 1.38. The molecule has 0 radical (unpaired) electrons. The molecule has 0 rings (SSSR count). The van der Waals surface area contributed by atoms with Crippen molar-refractivity contribution in [2.75, 3.05) is 0 Å². The predicted octanol–water partition coefficient (Wildman–Crippen LogP) is 1.19. The van der Waals surface area contributed by atoms with Crippen LogP contribution in [-0.4, -0.2) is 20.8 Å². The van der Waals surface area contributed by atoms with E-state index in [0.717, 1.165) is 0 Å². The van der Waals surface area contributed by atoms with Crippen LogP contribution in [0.15, 0.2) is 0 Å². The lowest BCUT2D eigenvalue weighted by Crippen LogP contribution is -1.97. The van der Waals surface area contributed by atoms with Crippen molar-refractivity contribution in [2.24, 2.45) is 0 Å². The summed E-state index contributed by atoms with van der Waals surface area (Å²) in [6.45, 7) is 0. The molecule has 0 saturated heterocycles. The molecule has 2 N–H and O–H groups in total. The molecule has 0 spiro atoms. The topological polar surface area (TPSA) is 74.6 Å². The van der Waals surface area contributed by atoms with Crippen LogP contribution in [0.3, 0.4) is 0 Å². The van der Waals surface area contributed by atoms with Crippen LogP contribution < -0.4 is 0 Å². The molecule has 0 bridgehead atoms. The maximum atomic E-state index is 9.71. The Labute approximate surface area is 52.7 Å². The molecule has 6 heteroatoms. The Hall–Kier alpha value is -0.360. The molecule has 0 aromatic heterocycles. The summed E-state index contributed by atoms with van der Waals surface area (Å²) in [5.41, 5.74) is 0. The Morgan fingerprint density at radius 2 is 1.50 bits per heavy atom. The van der Waals surface area contributed by atoms with Crippen molar-refractivity contribution in [3.05, 3.63) is 0 Å². The van der Waals surface area contributed by atoms with Gasteiger partial charge in [0.1, 0.15) is 0 Å². The van der Waals surface area contributed by atoms with E-state index in [9.17, 15) is 9.59 Å². The minimum Gasteiger partial charge on any atom is -0.473 e. The maximum absolute atomic E-state index is 9.71. The zero-order chi connectivity index (χ0) is 6.73. The minimum atomic E-state index is -2.17. The second-order valence-electron chi connectivity index (χ2n) is 0.877. The van der Waals surface area contributed by atoms with Crippen molar-refractivity contribution in [1.82, 2.24) is 0 Å². The number of hydrogen-bond donors (Lipinski definition) is 4. The van der Waals surface area contributed by atoms with E-state index in [4.69, 9.17) is 10.2 Å². The van der Waals surface area contributed by atoms with E-state index in [1.807, 2.05) is 0 Å². The van der Waals surface area contributed by atoms with Gasteiger partial charge in [-0.2, -0.15) is 0 Å². The summed E-state index contributed by atoms with van der Waals surface area (Å²) in [7, 11) is -2.17. The van der Waals surface area contributed by atoms with Crippen LogP contribution in [0.5, 0.6) is 0 Å². The molecule has 0 saturated carbocycles. The molecule has 0 atom stereocenters. The summed E-state index contributed by atoms with van der Waals surface area (Å²) in [4.78, 5) is 19.4. The molecule has 0 heterocycles. The molecule has 0 aliphatic carbocycles. The Morgan fingerprint density at radius 1 is 1.25 bits per heavy atom. The van der Waals surface area contributed by atoms with Crippen LogP contribution >= 0.6 is 21.6 Å². The summed E-state index contributed by atoms with van der Waals surface area (Å²) in [6, 6.07) is 0. The summed E-state index contributed by atoms with van der Waals surface area (Å²) < 4.78 is 0. The molecule has 0 aliphatic rings. The summed E-state index contributed by atoms with van der Waals surface area (Å²) >= 11 is 3.29. The van der Waals surface area contributed by atoms with Gasteiger partial charge in [-0.15, -0.1) is 11.7 Å². The fourth-order valence-corrected chi connectivity index (χ4v) is 0.245. The molecule has 0 aliphatic heterocycles. The molecule has 0 aromatic rings. The molecule has 0 unspecified atom stereocenters. The van der Waals surface area contributed by atoms with Crippen molar-refractivity contribution < 1.29 is 19.8 Å². The molecular formula is C2H4O4S2. The summed E-state index contributed by atoms with van der Waals surface area (Å²) in [5.74, 6) is 0. The van der Waals surface area contributed by atoms with Gasteiger partial charge in [0.15, 0.2) is 0 Å². The average Bonchev–Trinajstić information content (AvgIpc) is 1.64. The normalized spacial score (nSPS) is 10.4. The number of hydrogen-bond acceptors (Lipinski definition) is 3. The first-order chi connectivity index (χ1) is 3.55. The van der Waals surface area contributed by atoms with Gasteiger partial charge in [-0.3, -0.25) is 0 Å². The zero-order valence-corrected chi connectivity index (χ0v) is 5.39. The van der Waals surface area contributed by atoms with Crippen molar-refractivity contribution >= 4 is 32.2 Å². The maximum Gasteiger partial charge on any atom is 0.363 e. The van der Waals surface area contributed by atoms with Gasteiger partial charge in [0, 0.05) is 0 Å². The van der Waals surface area contributed by atoms with Crippen LogP contribution in [0, 0.1) is 0 Å².